The average molecular weight is 341 g/mol. The first kappa shape index (κ1) is 16.6. The molecule has 0 bridgehead atoms. The molecule has 0 spiro atoms. The van der Waals surface area contributed by atoms with Crippen LogP contribution in [0.2, 0.25) is 0 Å². The fourth-order valence-corrected chi connectivity index (χ4v) is 2.69. The molecule has 0 saturated carbocycles. The Morgan fingerprint density at radius 2 is 2.12 bits per heavy atom. The summed E-state index contributed by atoms with van der Waals surface area (Å²) in [5, 5.41) is 10.5. The molecule has 2 aromatic heterocycles. The average Bonchev–Trinajstić information content (AvgIpc) is 3.17. The quantitative estimate of drug-likeness (QED) is 0.634. The number of amides is 2. The molecule has 0 aliphatic rings. The number of rotatable bonds is 4. The maximum absolute atomic E-state index is 12.2. The SMILES string of the molecule is COC(=O)c1cc(NC(=O)NCc2cc(C)nn2C)cc2[nH]ccc12. The Morgan fingerprint density at radius 1 is 1.32 bits per heavy atom. The van der Waals surface area contributed by atoms with Crippen LogP contribution in [0.25, 0.3) is 10.9 Å². The van der Waals surface area contributed by atoms with Gasteiger partial charge in [-0.1, -0.05) is 0 Å². The molecule has 130 valence electrons. The summed E-state index contributed by atoms with van der Waals surface area (Å²) in [6.45, 7) is 2.24. The summed E-state index contributed by atoms with van der Waals surface area (Å²) in [6, 6.07) is 6.67. The number of hydrogen-bond donors (Lipinski definition) is 3. The van der Waals surface area contributed by atoms with E-state index < -0.39 is 5.97 Å². The highest BCUT2D eigenvalue weighted by atomic mass is 16.5. The Hall–Kier alpha value is -3.29. The van der Waals surface area contributed by atoms with Crippen LogP contribution in [0.1, 0.15) is 21.7 Å². The van der Waals surface area contributed by atoms with Crippen LogP contribution in [0.15, 0.2) is 30.5 Å². The lowest BCUT2D eigenvalue weighted by Crippen LogP contribution is -2.29. The van der Waals surface area contributed by atoms with Gasteiger partial charge in [0.25, 0.3) is 0 Å². The maximum Gasteiger partial charge on any atom is 0.338 e. The van der Waals surface area contributed by atoms with E-state index in [0.29, 0.717) is 17.8 Å². The van der Waals surface area contributed by atoms with Crippen molar-refractivity contribution >= 4 is 28.6 Å². The Balaban J connectivity index is 1.74. The van der Waals surface area contributed by atoms with Gasteiger partial charge in [-0.3, -0.25) is 4.68 Å². The second-order valence-electron chi connectivity index (χ2n) is 5.66. The van der Waals surface area contributed by atoms with Crippen molar-refractivity contribution < 1.29 is 14.3 Å². The highest BCUT2D eigenvalue weighted by Gasteiger charge is 2.14. The van der Waals surface area contributed by atoms with Gasteiger partial charge in [0, 0.05) is 29.8 Å². The number of nitrogens with one attached hydrogen (secondary N) is 3. The third-order valence-corrected chi connectivity index (χ3v) is 3.86. The molecular weight excluding hydrogens is 322 g/mol. The van der Waals surface area contributed by atoms with Crippen molar-refractivity contribution in [2.75, 3.05) is 12.4 Å². The number of hydrogen-bond acceptors (Lipinski definition) is 4. The van der Waals surface area contributed by atoms with E-state index in [4.69, 9.17) is 4.74 Å². The highest BCUT2D eigenvalue weighted by molar-refractivity contribution is 6.06. The molecule has 1 aromatic carbocycles. The zero-order chi connectivity index (χ0) is 18.0. The van der Waals surface area contributed by atoms with Crippen LogP contribution in [0.3, 0.4) is 0 Å². The summed E-state index contributed by atoms with van der Waals surface area (Å²) in [4.78, 5) is 27.1. The summed E-state index contributed by atoms with van der Waals surface area (Å²) in [6.07, 6.45) is 1.73. The normalized spacial score (nSPS) is 10.7. The molecule has 0 aliphatic carbocycles. The summed E-state index contributed by atoms with van der Waals surface area (Å²) < 4.78 is 6.52. The maximum atomic E-state index is 12.2. The first-order chi connectivity index (χ1) is 12.0. The molecule has 0 saturated heterocycles. The zero-order valence-corrected chi connectivity index (χ0v) is 14.2. The molecule has 3 aromatic rings. The van der Waals surface area contributed by atoms with E-state index in [0.717, 1.165) is 22.3 Å². The number of esters is 1. The number of benzene rings is 1. The van der Waals surface area contributed by atoms with Gasteiger partial charge in [0.2, 0.25) is 0 Å². The monoisotopic (exact) mass is 341 g/mol. The first-order valence-electron chi connectivity index (χ1n) is 7.71. The number of H-pyrrole nitrogens is 1. The number of carbonyl (C=O) groups is 2. The van der Waals surface area contributed by atoms with Crippen LogP contribution < -0.4 is 10.6 Å². The van der Waals surface area contributed by atoms with Crippen molar-refractivity contribution in [3.63, 3.8) is 0 Å². The van der Waals surface area contributed by atoms with Crippen molar-refractivity contribution in [2.45, 2.75) is 13.5 Å². The molecule has 0 aliphatic heterocycles. The third-order valence-electron chi connectivity index (χ3n) is 3.86. The van der Waals surface area contributed by atoms with E-state index in [9.17, 15) is 9.59 Å². The fourth-order valence-electron chi connectivity index (χ4n) is 2.69. The van der Waals surface area contributed by atoms with E-state index in [1.54, 1.807) is 29.1 Å². The van der Waals surface area contributed by atoms with Crippen LogP contribution in [-0.2, 0) is 18.3 Å². The van der Waals surface area contributed by atoms with E-state index >= 15 is 0 Å². The fraction of sp³-hybridized carbons (Fsp3) is 0.235. The molecule has 0 fully saturated rings. The number of aromatic amines is 1. The van der Waals surface area contributed by atoms with E-state index in [2.05, 4.69) is 20.7 Å². The topological polar surface area (TPSA) is 101 Å². The number of nitrogens with zero attached hydrogens (tertiary/aromatic N) is 2. The molecule has 3 N–H and O–H groups in total. The van der Waals surface area contributed by atoms with Gasteiger partial charge in [0.05, 0.1) is 30.6 Å². The minimum absolute atomic E-state index is 0.345. The van der Waals surface area contributed by atoms with Gasteiger partial charge in [0.15, 0.2) is 0 Å². The van der Waals surface area contributed by atoms with E-state index in [1.807, 2.05) is 20.0 Å². The third kappa shape index (κ3) is 3.47. The number of methoxy groups -OCH3 is 1. The standard InChI is InChI=1S/C17H19N5O3/c1-10-6-12(22(2)21-10)9-19-17(24)20-11-7-14(16(23)25-3)13-4-5-18-15(13)8-11/h4-8,18H,9H2,1-3H3,(H2,19,20,24). The van der Waals surface area contributed by atoms with Crippen LogP contribution in [-0.4, -0.2) is 33.9 Å². The number of ether oxygens (including phenoxy) is 1. The number of fused-ring (bicyclic) bond motifs is 1. The Labute approximate surface area is 144 Å². The first-order valence-corrected chi connectivity index (χ1v) is 7.71. The van der Waals surface area contributed by atoms with Gasteiger partial charge in [-0.25, -0.2) is 9.59 Å². The second-order valence-corrected chi connectivity index (χ2v) is 5.66. The summed E-state index contributed by atoms with van der Waals surface area (Å²) in [5.41, 5.74) is 3.40. The zero-order valence-electron chi connectivity index (χ0n) is 14.2. The predicted octanol–water partition coefficient (Wildman–Crippen LogP) is 2.32. The lowest BCUT2D eigenvalue weighted by atomic mass is 10.1. The number of aryl methyl sites for hydroxylation is 2. The van der Waals surface area contributed by atoms with Gasteiger partial charge < -0.3 is 20.4 Å². The Bertz CT molecular complexity index is 941. The lowest BCUT2D eigenvalue weighted by molar-refractivity contribution is 0.0603. The van der Waals surface area contributed by atoms with Crippen LogP contribution in [0.5, 0.6) is 0 Å². The Kier molecular flexibility index (Phi) is 4.42. The summed E-state index contributed by atoms with van der Waals surface area (Å²) >= 11 is 0. The predicted molar refractivity (Wildman–Crippen MR) is 93.4 cm³/mol. The van der Waals surface area contributed by atoms with Gasteiger partial charge in [-0.05, 0) is 31.2 Å². The summed E-state index contributed by atoms with van der Waals surface area (Å²) in [7, 11) is 3.15. The molecule has 8 heteroatoms. The van der Waals surface area contributed by atoms with Gasteiger partial charge in [-0.15, -0.1) is 0 Å². The molecule has 2 heterocycles. The van der Waals surface area contributed by atoms with Crippen LogP contribution in [0.4, 0.5) is 10.5 Å². The molecule has 0 unspecified atom stereocenters. The number of anilines is 1. The highest BCUT2D eigenvalue weighted by Crippen LogP contribution is 2.24. The minimum Gasteiger partial charge on any atom is -0.465 e. The van der Waals surface area contributed by atoms with Crippen molar-refractivity contribution in [3.05, 3.63) is 47.4 Å². The van der Waals surface area contributed by atoms with Gasteiger partial charge in [0.1, 0.15) is 0 Å². The van der Waals surface area contributed by atoms with Crippen molar-refractivity contribution in [3.8, 4) is 0 Å². The summed E-state index contributed by atoms with van der Waals surface area (Å²) in [5.74, 6) is -0.459. The molecule has 3 rings (SSSR count). The number of carbonyl (C=O) groups excluding carboxylic acids is 2. The molecule has 0 atom stereocenters. The van der Waals surface area contributed by atoms with Crippen molar-refractivity contribution in [1.82, 2.24) is 20.1 Å². The lowest BCUT2D eigenvalue weighted by Gasteiger charge is -2.10. The van der Waals surface area contributed by atoms with E-state index in [1.165, 1.54) is 7.11 Å². The van der Waals surface area contributed by atoms with E-state index in [-0.39, 0.29) is 6.03 Å². The Morgan fingerprint density at radius 3 is 2.80 bits per heavy atom. The second kappa shape index (κ2) is 6.68. The molecule has 2 amide bonds. The van der Waals surface area contributed by atoms with Crippen LogP contribution in [0, 0.1) is 6.92 Å². The molecule has 0 radical (unpaired) electrons. The van der Waals surface area contributed by atoms with Gasteiger partial charge in [-0.2, -0.15) is 5.10 Å². The molecule has 8 nitrogen and oxygen atoms in total. The van der Waals surface area contributed by atoms with Gasteiger partial charge >= 0.3 is 12.0 Å². The number of urea groups is 1. The number of aromatic nitrogens is 3. The molecular formula is C17H19N5O3. The van der Waals surface area contributed by atoms with Crippen LogP contribution >= 0.6 is 0 Å². The largest absolute Gasteiger partial charge is 0.465 e. The van der Waals surface area contributed by atoms with Crippen molar-refractivity contribution in [2.24, 2.45) is 7.05 Å². The van der Waals surface area contributed by atoms with Crippen molar-refractivity contribution in [1.29, 1.82) is 0 Å². The minimum atomic E-state index is -0.459. The molecule has 25 heavy (non-hydrogen) atoms. The smallest absolute Gasteiger partial charge is 0.338 e.